The van der Waals surface area contributed by atoms with Crippen molar-refractivity contribution in [3.63, 3.8) is 0 Å². The van der Waals surface area contributed by atoms with E-state index in [1.807, 2.05) is 42.4 Å². The number of methoxy groups -OCH3 is 1. The van der Waals surface area contributed by atoms with E-state index in [4.69, 9.17) is 9.73 Å². The lowest BCUT2D eigenvalue weighted by Crippen LogP contribution is -2.51. The standard InChI is InChI=1S/C21H32N6OS/c1-16-24-25-19(26(16)4)14-23-20(27-12-13-29-21(2,3)15-27)22-11-10-17-6-8-18(28-5)9-7-17/h6-9H,10-15H2,1-5H3,(H,22,23). The number of rotatable bonds is 6. The van der Waals surface area contributed by atoms with Crippen molar-refractivity contribution in [2.45, 2.75) is 38.5 Å². The summed E-state index contributed by atoms with van der Waals surface area (Å²) in [4.78, 5) is 7.26. The summed E-state index contributed by atoms with van der Waals surface area (Å²) in [6.45, 7) is 9.87. The number of aryl methyl sites for hydroxylation is 1. The molecule has 0 radical (unpaired) electrons. The number of ether oxygens (including phenoxy) is 1. The van der Waals surface area contributed by atoms with Crippen LogP contribution < -0.4 is 10.1 Å². The summed E-state index contributed by atoms with van der Waals surface area (Å²) in [5, 5.41) is 12.0. The topological polar surface area (TPSA) is 67.6 Å². The minimum absolute atomic E-state index is 0.220. The summed E-state index contributed by atoms with van der Waals surface area (Å²) < 4.78 is 7.45. The SMILES string of the molecule is COc1ccc(CCNC(=NCc2nnc(C)n2C)N2CCSC(C)(C)C2)cc1. The van der Waals surface area contributed by atoms with Crippen molar-refractivity contribution in [1.29, 1.82) is 0 Å². The molecule has 1 N–H and O–H groups in total. The first-order chi connectivity index (χ1) is 13.9. The summed E-state index contributed by atoms with van der Waals surface area (Å²) in [6.07, 6.45) is 0.929. The van der Waals surface area contributed by atoms with E-state index in [0.29, 0.717) is 6.54 Å². The van der Waals surface area contributed by atoms with E-state index in [1.165, 1.54) is 5.56 Å². The van der Waals surface area contributed by atoms with Crippen LogP contribution in [-0.2, 0) is 20.0 Å². The Morgan fingerprint density at radius 1 is 1.28 bits per heavy atom. The number of thioether (sulfide) groups is 1. The molecular weight excluding hydrogens is 384 g/mol. The summed E-state index contributed by atoms with van der Waals surface area (Å²) in [7, 11) is 3.67. The highest BCUT2D eigenvalue weighted by atomic mass is 32.2. The number of hydrogen-bond donors (Lipinski definition) is 1. The van der Waals surface area contributed by atoms with E-state index in [9.17, 15) is 0 Å². The van der Waals surface area contributed by atoms with Crippen LogP contribution in [-0.4, -0.2) is 62.9 Å². The number of nitrogens with zero attached hydrogens (tertiary/aromatic N) is 5. The largest absolute Gasteiger partial charge is 0.497 e. The van der Waals surface area contributed by atoms with Gasteiger partial charge in [0.1, 0.15) is 18.1 Å². The van der Waals surface area contributed by atoms with Gasteiger partial charge in [-0.2, -0.15) is 11.8 Å². The molecule has 0 atom stereocenters. The predicted molar refractivity (Wildman–Crippen MR) is 120 cm³/mol. The lowest BCUT2D eigenvalue weighted by atomic mass is 10.1. The molecule has 8 heteroatoms. The van der Waals surface area contributed by atoms with E-state index in [0.717, 1.165) is 55.2 Å². The zero-order valence-electron chi connectivity index (χ0n) is 18.1. The van der Waals surface area contributed by atoms with Gasteiger partial charge in [0, 0.05) is 37.2 Å². The van der Waals surface area contributed by atoms with Crippen LogP contribution in [0.1, 0.15) is 31.1 Å². The fourth-order valence-electron chi connectivity index (χ4n) is 3.31. The molecule has 1 aromatic carbocycles. The second-order valence-electron chi connectivity index (χ2n) is 7.92. The van der Waals surface area contributed by atoms with Gasteiger partial charge in [-0.25, -0.2) is 4.99 Å². The third-order valence-electron chi connectivity index (χ3n) is 5.13. The van der Waals surface area contributed by atoms with Crippen molar-refractivity contribution >= 4 is 17.7 Å². The van der Waals surface area contributed by atoms with E-state index in [2.05, 4.69) is 46.4 Å². The highest BCUT2D eigenvalue weighted by Crippen LogP contribution is 2.29. The lowest BCUT2D eigenvalue weighted by Gasteiger charge is -2.39. The van der Waals surface area contributed by atoms with Gasteiger partial charge >= 0.3 is 0 Å². The van der Waals surface area contributed by atoms with E-state index >= 15 is 0 Å². The van der Waals surface area contributed by atoms with Gasteiger partial charge in [0.25, 0.3) is 0 Å². The van der Waals surface area contributed by atoms with Crippen LogP contribution in [0.4, 0.5) is 0 Å². The Bertz CT molecular complexity index is 830. The Morgan fingerprint density at radius 2 is 2.03 bits per heavy atom. The van der Waals surface area contributed by atoms with E-state index in [-0.39, 0.29) is 4.75 Å². The fourth-order valence-corrected chi connectivity index (χ4v) is 4.42. The second-order valence-corrected chi connectivity index (χ2v) is 9.72. The van der Waals surface area contributed by atoms with Gasteiger partial charge in [0.05, 0.1) is 7.11 Å². The maximum Gasteiger partial charge on any atom is 0.194 e. The zero-order valence-corrected chi connectivity index (χ0v) is 18.9. The molecule has 2 heterocycles. The highest BCUT2D eigenvalue weighted by molar-refractivity contribution is 8.00. The molecule has 0 amide bonds. The number of aromatic nitrogens is 3. The molecule has 7 nitrogen and oxygen atoms in total. The first kappa shape index (κ1) is 21.5. The molecule has 0 bridgehead atoms. The smallest absolute Gasteiger partial charge is 0.194 e. The van der Waals surface area contributed by atoms with Crippen LogP contribution in [0.3, 0.4) is 0 Å². The lowest BCUT2D eigenvalue weighted by molar-refractivity contribution is 0.375. The summed E-state index contributed by atoms with van der Waals surface area (Å²) in [6, 6.07) is 8.23. The van der Waals surface area contributed by atoms with Gasteiger partial charge < -0.3 is 19.5 Å². The van der Waals surface area contributed by atoms with Gasteiger partial charge in [0.15, 0.2) is 11.8 Å². The molecule has 1 saturated heterocycles. The quantitative estimate of drug-likeness (QED) is 0.577. The minimum atomic E-state index is 0.220. The maximum atomic E-state index is 5.24. The third-order valence-corrected chi connectivity index (χ3v) is 6.43. The van der Waals surface area contributed by atoms with Crippen LogP contribution >= 0.6 is 11.8 Å². The molecular formula is C21H32N6OS. The normalized spacial score (nSPS) is 16.7. The Morgan fingerprint density at radius 3 is 2.66 bits per heavy atom. The monoisotopic (exact) mass is 416 g/mol. The number of benzene rings is 1. The van der Waals surface area contributed by atoms with Crippen molar-refractivity contribution in [2.75, 3.05) is 32.5 Å². The van der Waals surface area contributed by atoms with Crippen molar-refractivity contribution in [2.24, 2.45) is 12.0 Å². The minimum Gasteiger partial charge on any atom is -0.497 e. The molecule has 1 aromatic heterocycles. The Hall–Kier alpha value is -2.22. The van der Waals surface area contributed by atoms with Crippen LogP contribution in [0.25, 0.3) is 0 Å². The molecule has 2 aromatic rings. The number of nitrogens with one attached hydrogen (secondary N) is 1. The molecule has 0 spiro atoms. The zero-order chi connectivity index (χ0) is 20.9. The van der Waals surface area contributed by atoms with Crippen molar-refractivity contribution < 1.29 is 4.74 Å². The van der Waals surface area contributed by atoms with Crippen molar-refractivity contribution in [3.8, 4) is 5.75 Å². The summed E-state index contributed by atoms with van der Waals surface area (Å²) >= 11 is 2.02. The van der Waals surface area contributed by atoms with Crippen LogP contribution in [0.5, 0.6) is 5.75 Å². The van der Waals surface area contributed by atoms with Crippen LogP contribution in [0, 0.1) is 6.92 Å². The second kappa shape index (κ2) is 9.52. The first-order valence-corrected chi connectivity index (χ1v) is 11.0. The number of aliphatic imine (C=N–C) groups is 1. The molecule has 1 fully saturated rings. The van der Waals surface area contributed by atoms with Crippen molar-refractivity contribution in [3.05, 3.63) is 41.5 Å². The molecule has 158 valence electrons. The first-order valence-electron chi connectivity index (χ1n) is 10.0. The number of guanidine groups is 1. The molecule has 3 rings (SSSR count). The predicted octanol–water partition coefficient (Wildman–Crippen LogP) is 2.65. The number of hydrogen-bond acceptors (Lipinski definition) is 5. The van der Waals surface area contributed by atoms with Gasteiger partial charge in [-0.05, 0) is 44.9 Å². The van der Waals surface area contributed by atoms with Gasteiger partial charge in [0.2, 0.25) is 0 Å². The van der Waals surface area contributed by atoms with Gasteiger partial charge in [-0.15, -0.1) is 10.2 Å². The van der Waals surface area contributed by atoms with Crippen molar-refractivity contribution in [1.82, 2.24) is 25.0 Å². The molecule has 29 heavy (non-hydrogen) atoms. The average Bonchev–Trinajstić information content (AvgIpc) is 3.02. The highest BCUT2D eigenvalue weighted by Gasteiger charge is 2.28. The molecule has 0 unspecified atom stereocenters. The Balaban J connectivity index is 1.67. The van der Waals surface area contributed by atoms with Gasteiger partial charge in [-0.3, -0.25) is 0 Å². The summed E-state index contributed by atoms with van der Waals surface area (Å²) in [5.41, 5.74) is 1.27. The Labute approximate surface area is 177 Å². The third kappa shape index (κ3) is 5.88. The molecule has 0 saturated carbocycles. The maximum absolute atomic E-state index is 5.24. The van der Waals surface area contributed by atoms with Crippen LogP contribution in [0.2, 0.25) is 0 Å². The molecule has 1 aliphatic heterocycles. The summed E-state index contributed by atoms with van der Waals surface area (Å²) in [5.74, 6) is 4.72. The fraction of sp³-hybridized carbons (Fsp3) is 0.571. The van der Waals surface area contributed by atoms with E-state index < -0.39 is 0 Å². The average molecular weight is 417 g/mol. The van der Waals surface area contributed by atoms with E-state index in [1.54, 1.807) is 7.11 Å². The molecule has 1 aliphatic rings. The molecule has 0 aliphatic carbocycles. The van der Waals surface area contributed by atoms with Gasteiger partial charge in [-0.1, -0.05) is 12.1 Å². The Kier molecular flexibility index (Phi) is 7.05. The van der Waals surface area contributed by atoms with Crippen LogP contribution in [0.15, 0.2) is 29.3 Å².